The summed E-state index contributed by atoms with van der Waals surface area (Å²) in [4.78, 5) is 15.6. The third-order valence-corrected chi connectivity index (χ3v) is 8.75. The number of hydrogen-bond acceptors (Lipinski definition) is 5. The highest BCUT2D eigenvalue weighted by Gasteiger charge is 2.46. The molecule has 5 rings (SSSR count). The van der Waals surface area contributed by atoms with Gasteiger partial charge in [0.1, 0.15) is 19.8 Å². The van der Waals surface area contributed by atoms with Crippen molar-refractivity contribution in [3.63, 3.8) is 0 Å². The molecule has 1 unspecified atom stereocenters. The molecular formula is C26H32N2O5S. The minimum Gasteiger partial charge on any atom is -0.486 e. The Balaban J connectivity index is 1.52. The van der Waals surface area contributed by atoms with E-state index in [-0.39, 0.29) is 23.9 Å². The van der Waals surface area contributed by atoms with E-state index in [1.807, 2.05) is 36.9 Å². The Morgan fingerprint density at radius 3 is 2.41 bits per heavy atom. The van der Waals surface area contributed by atoms with Crippen molar-refractivity contribution in [1.82, 2.24) is 4.90 Å². The Morgan fingerprint density at radius 1 is 1.12 bits per heavy atom. The maximum absolute atomic E-state index is 13.8. The fourth-order valence-electron chi connectivity index (χ4n) is 5.85. The van der Waals surface area contributed by atoms with Gasteiger partial charge in [0.25, 0.3) is 0 Å². The molecular weight excluding hydrogens is 452 g/mol. The SMILES string of the molecule is Cc1ccccc1N(CC(=O)N1CC2(CCCC2)c2cc3c(cc2C1C)OCCO3)S(C)(=O)=O. The number of amides is 1. The van der Waals surface area contributed by atoms with Gasteiger partial charge in [-0.2, -0.15) is 0 Å². The Hall–Kier alpha value is -2.74. The van der Waals surface area contributed by atoms with E-state index < -0.39 is 10.0 Å². The van der Waals surface area contributed by atoms with Crippen molar-refractivity contribution in [2.24, 2.45) is 0 Å². The molecule has 2 heterocycles. The van der Waals surface area contributed by atoms with Gasteiger partial charge in [0.15, 0.2) is 11.5 Å². The van der Waals surface area contributed by atoms with Gasteiger partial charge in [-0.1, -0.05) is 31.0 Å². The number of rotatable bonds is 4. The van der Waals surface area contributed by atoms with Crippen molar-refractivity contribution in [1.29, 1.82) is 0 Å². The van der Waals surface area contributed by atoms with Gasteiger partial charge in [-0.3, -0.25) is 9.10 Å². The number of carbonyl (C=O) groups is 1. The maximum atomic E-state index is 13.8. The lowest BCUT2D eigenvalue weighted by molar-refractivity contribution is -0.133. The molecule has 1 fully saturated rings. The average molecular weight is 485 g/mol. The monoisotopic (exact) mass is 484 g/mol. The van der Waals surface area contributed by atoms with Gasteiger partial charge in [0.05, 0.1) is 18.0 Å². The van der Waals surface area contributed by atoms with E-state index in [0.29, 0.717) is 25.4 Å². The average Bonchev–Trinajstić information content (AvgIpc) is 3.28. The predicted octanol–water partition coefficient (Wildman–Crippen LogP) is 3.95. The largest absolute Gasteiger partial charge is 0.486 e. The van der Waals surface area contributed by atoms with Crippen molar-refractivity contribution >= 4 is 21.6 Å². The molecule has 2 aromatic rings. The van der Waals surface area contributed by atoms with E-state index >= 15 is 0 Å². The first-order chi connectivity index (χ1) is 16.2. The first-order valence-corrected chi connectivity index (χ1v) is 13.8. The van der Waals surface area contributed by atoms with Crippen LogP contribution in [-0.4, -0.2) is 51.8 Å². The van der Waals surface area contributed by atoms with Crippen LogP contribution in [0.5, 0.6) is 11.5 Å². The van der Waals surface area contributed by atoms with Crippen LogP contribution in [0.1, 0.15) is 55.3 Å². The molecule has 8 heteroatoms. The topological polar surface area (TPSA) is 76.2 Å². The molecule has 182 valence electrons. The van der Waals surface area contributed by atoms with Crippen molar-refractivity contribution in [3.05, 3.63) is 53.1 Å². The fraction of sp³-hybridized carbons (Fsp3) is 0.500. The van der Waals surface area contributed by atoms with E-state index in [9.17, 15) is 13.2 Å². The number of fused-ring (bicyclic) bond motifs is 3. The Bertz CT molecular complexity index is 1220. The summed E-state index contributed by atoms with van der Waals surface area (Å²) < 4.78 is 38.4. The Morgan fingerprint density at radius 2 is 1.76 bits per heavy atom. The minimum atomic E-state index is -3.64. The van der Waals surface area contributed by atoms with E-state index in [2.05, 4.69) is 6.07 Å². The summed E-state index contributed by atoms with van der Waals surface area (Å²) in [5.74, 6) is 1.32. The highest BCUT2D eigenvalue weighted by atomic mass is 32.2. The molecule has 1 spiro atoms. The molecule has 1 amide bonds. The number of anilines is 1. The Kier molecular flexibility index (Phi) is 5.74. The molecule has 2 aliphatic heterocycles. The van der Waals surface area contributed by atoms with E-state index in [4.69, 9.17) is 9.47 Å². The molecule has 1 aliphatic carbocycles. The number of ether oxygens (including phenoxy) is 2. The number of carbonyl (C=O) groups excluding carboxylic acids is 1. The number of aryl methyl sites for hydroxylation is 1. The van der Waals surface area contributed by atoms with Crippen molar-refractivity contribution in [3.8, 4) is 11.5 Å². The van der Waals surface area contributed by atoms with Gasteiger partial charge in [-0.05, 0) is 61.6 Å². The molecule has 0 saturated heterocycles. The van der Waals surface area contributed by atoms with Gasteiger partial charge in [0, 0.05) is 12.0 Å². The summed E-state index contributed by atoms with van der Waals surface area (Å²) in [5, 5.41) is 0. The molecule has 7 nitrogen and oxygen atoms in total. The van der Waals surface area contributed by atoms with Crippen LogP contribution in [-0.2, 0) is 20.2 Å². The zero-order valence-corrected chi connectivity index (χ0v) is 20.9. The molecule has 0 radical (unpaired) electrons. The molecule has 0 bridgehead atoms. The van der Waals surface area contributed by atoms with E-state index in [0.717, 1.165) is 54.6 Å². The van der Waals surface area contributed by atoms with Crippen LogP contribution < -0.4 is 13.8 Å². The van der Waals surface area contributed by atoms with Crippen LogP contribution in [0.25, 0.3) is 0 Å². The van der Waals surface area contributed by atoms with Crippen LogP contribution >= 0.6 is 0 Å². The fourth-order valence-corrected chi connectivity index (χ4v) is 6.75. The Labute approximate surface area is 201 Å². The van der Waals surface area contributed by atoms with Crippen LogP contribution in [0.4, 0.5) is 5.69 Å². The first-order valence-electron chi connectivity index (χ1n) is 12.0. The van der Waals surface area contributed by atoms with Crippen molar-refractivity contribution in [2.45, 2.75) is 51.0 Å². The van der Waals surface area contributed by atoms with Crippen LogP contribution in [0.2, 0.25) is 0 Å². The van der Waals surface area contributed by atoms with Crippen molar-refractivity contribution in [2.75, 3.05) is 36.9 Å². The normalized spacial score (nSPS) is 20.8. The van der Waals surface area contributed by atoms with Gasteiger partial charge in [0.2, 0.25) is 15.9 Å². The highest BCUT2D eigenvalue weighted by molar-refractivity contribution is 7.92. The summed E-state index contributed by atoms with van der Waals surface area (Å²) >= 11 is 0. The van der Waals surface area contributed by atoms with E-state index in [1.165, 1.54) is 9.87 Å². The second kappa shape index (κ2) is 8.48. The lowest BCUT2D eigenvalue weighted by Gasteiger charge is -2.46. The second-order valence-corrected chi connectivity index (χ2v) is 11.7. The molecule has 1 saturated carbocycles. The first kappa shape index (κ1) is 23.0. The summed E-state index contributed by atoms with van der Waals surface area (Å²) in [6, 6.07) is 11.2. The minimum absolute atomic E-state index is 0.133. The number of nitrogens with zero attached hydrogens (tertiary/aromatic N) is 2. The third kappa shape index (κ3) is 3.91. The third-order valence-electron chi connectivity index (χ3n) is 7.62. The van der Waals surface area contributed by atoms with Gasteiger partial charge < -0.3 is 14.4 Å². The van der Waals surface area contributed by atoms with Crippen molar-refractivity contribution < 1.29 is 22.7 Å². The molecule has 2 aromatic carbocycles. The zero-order chi connectivity index (χ0) is 24.1. The molecule has 1 atom stereocenters. The second-order valence-electron chi connectivity index (χ2n) is 9.82. The molecule has 0 aromatic heterocycles. The van der Waals surface area contributed by atoms with E-state index in [1.54, 1.807) is 12.1 Å². The van der Waals surface area contributed by atoms with Gasteiger partial charge >= 0.3 is 0 Å². The predicted molar refractivity (Wildman–Crippen MR) is 131 cm³/mol. The van der Waals surface area contributed by atoms with Crippen LogP contribution in [0, 0.1) is 6.92 Å². The lowest BCUT2D eigenvalue weighted by atomic mass is 9.71. The maximum Gasteiger partial charge on any atom is 0.243 e. The summed E-state index contributed by atoms with van der Waals surface area (Å²) in [7, 11) is -3.64. The molecule has 0 N–H and O–H groups in total. The summed E-state index contributed by atoms with van der Waals surface area (Å²) in [5.41, 5.74) is 3.55. The van der Waals surface area contributed by atoms with Gasteiger partial charge in [-0.25, -0.2) is 8.42 Å². The molecule has 3 aliphatic rings. The van der Waals surface area contributed by atoms with Crippen LogP contribution in [0.15, 0.2) is 36.4 Å². The zero-order valence-electron chi connectivity index (χ0n) is 20.0. The number of para-hydroxylation sites is 1. The number of hydrogen-bond donors (Lipinski definition) is 0. The lowest BCUT2D eigenvalue weighted by Crippen LogP contribution is -2.52. The number of benzene rings is 2. The highest BCUT2D eigenvalue weighted by Crippen LogP contribution is 2.52. The standard InChI is InChI=1S/C26H32N2O5S/c1-18-8-4-5-9-22(18)28(34(3,30)31)16-25(29)27-17-26(10-6-7-11-26)21-15-24-23(32-12-13-33-24)14-20(21)19(27)2/h4-5,8-9,14-15,19H,6-7,10-13,16-17H2,1-3H3. The summed E-state index contributed by atoms with van der Waals surface area (Å²) in [6.07, 6.45) is 5.39. The van der Waals surface area contributed by atoms with Gasteiger partial charge in [-0.15, -0.1) is 0 Å². The molecule has 34 heavy (non-hydrogen) atoms. The van der Waals surface area contributed by atoms with Crippen LogP contribution in [0.3, 0.4) is 0 Å². The number of sulfonamides is 1. The summed E-state index contributed by atoms with van der Waals surface area (Å²) in [6.45, 7) is 5.30. The quantitative estimate of drug-likeness (QED) is 0.657. The smallest absolute Gasteiger partial charge is 0.243 e.